The Morgan fingerprint density at radius 2 is 2.38 bits per heavy atom. The average Bonchev–Trinajstić information content (AvgIpc) is 2.14. The van der Waals surface area contributed by atoms with E-state index in [-0.39, 0.29) is 6.61 Å². The minimum absolute atomic E-state index is 0.174. The smallest absolute Gasteiger partial charge is 0.329 e. The molecule has 0 aromatic carbocycles. The van der Waals surface area contributed by atoms with Crippen LogP contribution in [0.3, 0.4) is 0 Å². The van der Waals surface area contributed by atoms with E-state index in [2.05, 4.69) is 5.32 Å². The Hall–Kier alpha value is -0.610. The van der Waals surface area contributed by atoms with Crippen molar-refractivity contribution < 1.29 is 14.6 Å². The van der Waals surface area contributed by atoms with E-state index in [0.717, 1.165) is 13.0 Å². The predicted molar refractivity (Wildman–Crippen MR) is 48.7 cm³/mol. The number of ether oxygens (including phenoxy) is 1. The van der Waals surface area contributed by atoms with Gasteiger partial charge >= 0.3 is 5.97 Å². The first-order chi connectivity index (χ1) is 6.29. The minimum Gasteiger partial charge on any atom is -0.480 e. The number of hydrogen-bond acceptors (Lipinski definition) is 3. The third-order valence-corrected chi connectivity index (χ3v) is 2.25. The maximum atomic E-state index is 10.1. The highest BCUT2D eigenvalue weighted by atomic mass is 16.5. The van der Waals surface area contributed by atoms with Gasteiger partial charge in [-0.25, -0.2) is 4.79 Å². The molecule has 0 aliphatic carbocycles. The number of piperidine rings is 1. The Balaban J connectivity index is 1.95. The van der Waals surface area contributed by atoms with Crippen LogP contribution >= 0.6 is 0 Å². The monoisotopic (exact) mass is 187 g/mol. The van der Waals surface area contributed by atoms with Gasteiger partial charge in [-0.05, 0) is 25.8 Å². The summed E-state index contributed by atoms with van der Waals surface area (Å²) >= 11 is 0. The zero-order valence-corrected chi connectivity index (χ0v) is 7.79. The molecule has 1 aliphatic heterocycles. The molecule has 1 unspecified atom stereocenters. The molecule has 1 heterocycles. The van der Waals surface area contributed by atoms with E-state index in [4.69, 9.17) is 9.84 Å². The lowest BCUT2D eigenvalue weighted by Crippen LogP contribution is -2.34. The summed E-state index contributed by atoms with van der Waals surface area (Å²) in [4.78, 5) is 10.1. The summed E-state index contributed by atoms with van der Waals surface area (Å²) in [5.41, 5.74) is 0. The highest BCUT2D eigenvalue weighted by Gasteiger charge is 2.11. The van der Waals surface area contributed by atoms with Gasteiger partial charge in [0, 0.05) is 12.6 Å². The Labute approximate surface area is 78.3 Å². The van der Waals surface area contributed by atoms with E-state index in [1.165, 1.54) is 19.3 Å². The third kappa shape index (κ3) is 4.85. The molecule has 0 spiro atoms. The van der Waals surface area contributed by atoms with Gasteiger partial charge in [0.05, 0.1) is 0 Å². The number of aliphatic carboxylic acids is 1. The molecule has 2 N–H and O–H groups in total. The van der Waals surface area contributed by atoms with E-state index in [1.54, 1.807) is 0 Å². The Bertz CT molecular complexity index is 155. The van der Waals surface area contributed by atoms with E-state index in [9.17, 15) is 4.79 Å². The molecular formula is C9H17NO3. The molecular weight excluding hydrogens is 170 g/mol. The normalized spacial score (nSPS) is 22.9. The summed E-state index contributed by atoms with van der Waals surface area (Å²) < 4.78 is 4.96. The zero-order valence-electron chi connectivity index (χ0n) is 7.79. The van der Waals surface area contributed by atoms with Crippen LogP contribution in [-0.4, -0.2) is 36.9 Å². The second kappa shape index (κ2) is 5.94. The third-order valence-electron chi connectivity index (χ3n) is 2.25. The van der Waals surface area contributed by atoms with Crippen molar-refractivity contribution in [2.45, 2.75) is 31.7 Å². The number of nitrogens with one attached hydrogen (secondary N) is 1. The van der Waals surface area contributed by atoms with E-state index in [0.29, 0.717) is 12.6 Å². The lowest BCUT2D eigenvalue weighted by Gasteiger charge is -2.22. The first-order valence-corrected chi connectivity index (χ1v) is 4.82. The van der Waals surface area contributed by atoms with Crippen LogP contribution in [0.25, 0.3) is 0 Å². The van der Waals surface area contributed by atoms with Crippen molar-refractivity contribution in [2.24, 2.45) is 0 Å². The van der Waals surface area contributed by atoms with Crippen molar-refractivity contribution in [1.82, 2.24) is 5.32 Å². The minimum atomic E-state index is -0.892. The van der Waals surface area contributed by atoms with Crippen LogP contribution in [0.2, 0.25) is 0 Å². The van der Waals surface area contributed by atoms with Crippen LogP contribution in [0, 0.1) is 0 Å². The summed E-state index contributed by atoms with van der Waals surface area (Å²) in [6.07, 6.45) is 4.65. The van der Waals surface area contributed by atoms with E-state index < -0.39 is 5.97 Å². The molecule has 0 aromatic rings. The fourth-order valence-corrected chi connectivity index (χ4v) is 1.56. The molecule has 4 heteroatoms. The van der Waals surface area contributed by atoms with Gasteiger partial charge in [-0.1, -0.05) is 6.42 Å². The van der Waals surface area contributed by atoms with Gasteiger partial charge in [-0.3, -0.25) is 0 Å². The number of carboxylic acids is 1. The van der Waals surface area contributed by atoms with Crippen LogP contribution in [0.4, 0.5) is 0 Å². The van der Waals surface area contributed by atoms with Crippen LogP contribution in [0.1, 0.15) is 25.7 Å². The molecule has 0 bridgehead atoms. The van der Waals surface area contributed by atoms with Crippen molar-refractivity contribution in [1.29, 1.82) is 0 Å². The number of hydrogen-bond donors (Lipinski definition) is 2. The topological polar surface area (TPSA) is 58.6 Å². The summed E-state index contributed by atoms with van der Waals surface area (Å²) in [5, 5.41) is 11.7. The van der Waals surface area contributed by atoms with Crippen LogP contribution in [0.15, 0.2) is 0 Å². The largest absolute Gasteiger partial charge is 0.480 e. The van der Waals surface area contributed by atoms with Crippen molar-refractivity contribution in [3.05, 3.63) is 0 Å². The molecule has 1 aliphatic rings. The second-order valence-electron chi connectivity index (χ2n) is 3.38. The van der Waals surface area contributed by atoms with E-state index >= 15 is 0 Å². The molecule has 1 atom stereocenters. The highest BCUT2D eigenvalue weighted by Crippen LogP contribution is 2.09. The molecule has 0 amide bonds. The predicted octanol–water partition coefficient (Wildman–Crippen LogP) is 0.620. The van der Waals surface area contributed by atoms with Gasteiger partial charge in [0.2, 0.25) is 0 Å². The van der Waals surface area contributed by atoms with Gasteiger partial charge in [0.15, 0.2) is 0 Å². The molecule has 76 valence electrons. The molecule has 0 saturated carbocycles. The number of rotatable bonds is 5. The summed E-state index contributed by atoms with van der Waals surface area (Å²) in [7, 11) is 0. The Morgan fingerprint density at radius 3 is 3.00 bits per heavy atom. The van der Waals surface area contributed by atoms with Crippen molar-refractivity contribution in [2.75, 3.05) is 19.8 Å². The van der Waals surface area contributed by atoms with Gasteiger partial charge in [-0.2, -0.15) is 0 Å². The van der Waals surface area contributed by atoms with Crippen LogP contribution in [-0.2, 0) is 9.53 Å². The maximum Gasteiger partial charge on any atom is 0.329 e. The Kier molecular flexibility index (Phi) is 4.78. The molecule has 1 fully saturated rings. The standard InChI is InChI=1S/C9H17NO3/c11-9(12)7-13-6-4-8-3-1-2-5-10-8/h8,10H,1-7H2,(H,11,12). The first kappa shape index (κ1) is 10.5. The van der Waals surface area contributed by atoms with Crippen LogP contribution < -0.4 is 5.32 Å². The quantitative estimate of drug-likeness (QED) is 0.619. The fraction of sp³-hybridized carbons (Fsp3) is 0.889. The molecule has 0 radical (unpaired) electrons. The van der Waals surface area contributed by atoms with E-state index in [1.807, 2.05) is 0 Å². The molecule has 1 rings (SSSR count). The Morgan fingerprint density at radius 1 is 1.54 bits per heavy atom. The summed E-state index contributed by atoms with van der Waals surface area (Å²) in [6.45, 7) is 1.46. The molecule has 4 nitrogen and oxygen atoms in total. The molecule has 0 aromatic heterocycles. The summed E-state index contributed by atoms with van der Waals surface area (Å²) in [6, 6.07) is 0.530. The molecule has 1 saturated heterocycles. The second-order valence-corrected chi connectivity index (χ2v) is 3.38. The van der Waals surface area contributed by atoms with Crippen molar-refractivity contribution in [3.8, 4) is 0 Å². The maximum absolute atomic E-state index is 10.1. The first-order valence-electron chi connectivity index (χ1n) is 4.82. The highest BCUT2D eigenvalue weighted by molar-refractivity contribution is 5.67. The number of carbonyl (C=O) groups is 1. The fourth-order valence-electron chi connectivity index (χ4n) is 1.56. The molecule has 13 heavy (non-hydrogen) atoms. The van der Waals surface area contributed by atoms with Crippen molar-refractivity contribution >= 4 is 5.97 Å². The summed E-state index contributed by atoms with van der Waals surface area (Å²) in [5.74, 6) is -0.892. The van der Waals surface area contributed by atoms with Gasteiger partial charge in [0.1, 0.15) is 6.61 Å². The van der Waals surface area contributed by atoms with Gasteiger partial charge in [0.25, 0.3) is 0 Å². The lowest BCUT2D eigenvalue weighted by molar-refractivity contribution is -0.142. The van der Waals surface area contributed by atoms with Crippen LogP contribution in [0.5, 0.6) is 0 Å². The lowest BCUT2D eigenvalue weighted by atomic mass is 10.0. The van der Waals surface area contributed by atoms with Crippen molar-refractivity contribution in [3.63, 3.8) is 0 Å². The van der Waals surface area contributed by atoms with Gasteiger partial charge < -0.3 is 15.2 Å². The number of carboxylic acid groups (broad SMARTS) is 1. The van der Waals surface area contributed by atoms with Gasteiger partial charge in [-0.15, -0.1) is 0 Å². The zero-order chi connectivity index (χ0) is 9.52. The average molecular weight is 187 g/mol. The SMILES string of the molecule is O=C(O)COCCC1CCCCN1.